The van der Waals surface area contributed by atoms with Gasteiger partial charge in [-0.25, -0.2) is 9.78 Å². The lowest BCUT2D eigenvalue weighted by Crippen LogP contribution is -2.29. The number of carbonyl (C=O) groups is 1. The molecule has 0 aliphatic carbocycles. The number of fused-ring (bicyclic) bond motifs is 1. The van der Waals surface area contributed by atoms with Gasteiger partial charge in [0, 0.05) is 9.89 Å². The first-order valence-corrected chi connectivity index (χ1v) is 11.4. The Kier molecular flexibility index (Phi) is 7.19. The number of hydrogen-bond donors (Lipinski definition) is 0. The molecule has 0 amide bonds. The lowest BCUT2D eigenvalue weighted by atomic mass is 9.95. The molecule has 3 aromatic rings. The predicted octanol–water partition coefficient (Wildman–Crippen LogP) is 5.04. The average molecular weight is 565 g/mol. The minimum Gasteiger partial charge on any atom is -0.478 e. The molecule has 0 radical (unpaired) electrons. The molecule has 3 rings (SSSR count). The molecule has 0 bridgehead atoms. The number of nitrogens with zero attached hydrogens (tertiary/aromatic N) is 3. The molecule has 0 spiro atoms. The van der Waals surface area contributed by atoms with Crippen LogP contribution in [0.1, 0.15) is 39.1 Å². The number of carbonyl (C=O) groups excluding carboxylic acids is 1. The van der Waals surface area contributed by atoms with E-state index in [1.165, 1.54) is 11.8 Å². The van der Waals surface area contributed by atoms with Crippen molar-refractivity contribution in [2.24, 2.45) is 5.10 Å². The van der Waals surface area contributed by atoms with Gasteiger partial charge in [-0.3, -0.25) is 4.79 Å². The molecule has 0 saturated carbocycles. The fourth-order valence-corrected chi connectivity index (χ4v) is 3.81. The Hall–Kier alpha value is -2.52. The molecule has 7 nitrogen and oxygen atoms in total. The van der Waals surface area contributed by atoms with Crippen molar-refractivity contribution in [1.82, 2.24) is 9.66 Å². The molecule has 0 N–H and O–H groups in total. The SMILES string of the molecule is COC(=O)[C@H](C)Oc1ccc(C=Nn2c(C(C)(C)C)nc3ccc(Br)cc3c2=O)cc1Br. The first-order chi connectivity index (χ1) is 15.0. The zero-order chi connectivity index (χ0) is 23.6. The number of esters is 1. The van der Waals surface area contributed by atoms with Crippen molar-refractivity contribution in [1.29, 1.82) is 0 Å². The monoisotopic (exact) mass is 563 g/mol. The number of ether oxygens (including phenoxy) is 2. The van der Waals surface area contributed by atoms with Crippen LogP contribution in [0.5, 0.6) is 5.75 Å². The number of halogens is 2. The van der Waals surface area contributed by atoms with Gasteiger partial charge >= 0.3 is 5.97 Å². The van der Waals surface area contributed by atoms with Crippen LogP contribution >= 0.6 is 31.9 Å². The Labute approximate surface area is 202 Å². The van der Waals surface area contributed by atoms with Gasteiger partial charge in [0.15, 0.2) is 6.10 Å². The van der Waals surface area contributed by atoms with Crippen molar-refractivity contribution in [2.75, 3.05) is 7.11 Å². The number of benzene rings is 2. The van der Waals surface area contributed by atoms with Crippen molar-refractivity contribution in [3.63, 3.8) is 0 Å². The van der Waals surface area contributed by atoms with E-state index >= 15 is 0 Å². The van der Waals surface area contributed by atoms with Gasteiger partial charge in [0.2, 0.25) is 0 Å². The van der Waals surface area contributed by atoms with E-state index in [1.54, 1.807) is 37.4 Å². The molecular formula is C23H23Br2N3O4. The number of aromatic nitrogens is 2. The molecule has 32 heavy (non-hydrogen) atoms. The highest BCUT2D eigenvalue weighted by atomic mass is 79.9. The summed E-state index contributed by atoms with van der Waals surface area (Å²) in [6, 6.07) is 10.7. The van der Waals surface area contributed by atoms with E-state index < -0.39 is 17.5 Å². The Balaban J connectivity index is 2.01. The summed E-state index contributed by atoms with van der Waals surface area (Å²) in [7, 11) is 1.31. The summed E-state index contributed by atoms with van der Waals surface area (Å²) >= 11 is 6.86. The lowest BCUT2D eigenvalue weighted by Gasteiger charge is -2.20. The maximum atomic E-state index is 13.2. The highest BCUT2D eigenvalue weighted by Gasteiger charge is 2.23. The largest absolute Gasteiger partial charge is 0.478 e. The number of rotatable bonds is 5. The zero-order valence-electron chi connectivity index (χ0n) is 18.3. The Bertz CT molecular complexity index is 1260. The van der Waals surface area contributed by atoms with Gasteiger partial charge < -0.3 is 9.47 Å². The van der Waals surface area contributed by atoms with Crippen LogP contribution in [0.3, 0.4) is 0 Å². The number of hydrogen-bond acceptors (Lipinski definition) is 6. The van der Waals surface area contributed by atoms with E-state index in [-0.39, 0.29) is 5.56 Å². The van der Waals surface area contributed by atoms with Crippen molar-refractivity contribution >= 4 is 54.9 Å². The molecule has 1 atom stereocenters. The third-order valence-corrected chi connectivity index (χ3v) is 5.71. The van der Waals surface area contributed by atoms with Crippen molar-refractivity contribution in [3.8, 4) is 5.75 Å². The molecule has 1 aromatic heterocycles. The van der Waals surface area contributed by atoms with Crippen molar-refractivity contribution in [2.45, 2.75) is 39.2 Å². The average Bonchev–Trinajstić information content (AvgIpc) is 2.73. The van der Waals surface area contributed by atoms with Crippen LogP contribution in [-0.4, -0.2) is 35.1 Å². The van der Waals surface area contributed by atoms with E-state index in [4.69, 9.17) is 9.72 Å². The topological polar surface area (TPSA) is 82.8 Å². The predicted molar refractivity (Wildman–Crippen MR) is 132 cm³/mol. The molecule has 0 fully saturated rings. The van der Waals surface area contributed by atoms with Gasteiger partial charge in [-0.2, -0.15) is 9.78 Å². The second-order valence-electron chi connectivity index (χ2n) is 8.18. The minimum absolute atomic E-state index is 0.247. The molecule has 0 aliphatic heterocycles. The maximum Gasteiger partial charge on any atom is 0.346 e. The minimum atomic E-state index is -0.744. The Morgan fingerprint density at radius 2 is 1.91 bits per heavy atom. The summed E-state index contributed by atoms with van der Waals surface area (Å²) in [5, 5.41) is 4.94. The van der Waals surface area contributed by atoms with E-state index in [0.29, 0.717) is 26.9 Å². The van der Waals surface area contributed by atoms with E-state index in [9.17, 15) is 9.59 Å². The smallest absolute Gasteiger partial charge is 0.346 e. The van der Waals surface area contributed by atoms with Crippen LogP contribution in [0.15, 0.2) is 55.2 Å². The molecule has 168 valence electrons. The van der Waals surface area contributed by atoms with Gasteiger partial charge in [0.1, 0.15) is 11.6 Å². The first kappa shape index (κ1) is 24.1. The summed E-state index contributed by atoms with van der Waals surface area (Å²) in [5.41, 5.74) is 0.707. The summed E-state index contributed by atoms with van der Waals surface area (Å²) in [6.07, 6.45) is 0.840. The fraction of sp³-hybridized carbons (Fsp3) is 0.304. The number of methoxy groups -OCH3 is 1. The van der Waals surface area contributed by atoms with Gasteiger partial charge in [-0.05, 0) is 64.8 Å². The molecular weight excluding hydrogens is 542 g/mol. The van der Waals surface area contributed by atoms with E-state index in [1.807, 2.05) is 32.9 Å². The molecule has 0 unspecified atom stereocenters. The van der Waals surface area contributed by atoms with Gasteiger partial charge in [0.05, 0.1) is 28.7 Å². The molecule has 2 aromatic carbocycles. The van der Waals surface area contributed by atoms with Crippen LogP contribution in [0.25, 0.3) is 10.9 Å². The van der Waals surface area contributed by atoms with Crippen molar-refractivity contribution < 1.29 is 14.3 Å². The molecule has 0 aliphatic rings. The highest BCUT2D eigenvalue weighted by Crippen LogP contribution is 2.27. The van der Waals surface area contributed by atoms with Crippen LogP contribution in [0.2, 0.25) is 0 Å². The summed E-state index contributed by atoms with van der Waals surface area (Å²) in [4.78, 5) is 29.5. The summed E-state index contributed by atoms with van der Waals surface area (Å²) in [5.74, 6) is 0.580. The van der Waals surface area contributed by atoms with Gasteiger partial charge in [0.25, 0.3) is 5.56 Å². The summed E-state index contributed by atoms with van der Waals surface area (Å²) < 4.78 is 13.1. The fourth-order valence-electron chi connectivity index (χ4n) is 2.96. The standard InChI is InChI=1S/C23H23Br2N3O4/c1-13(21(30)31-5)32-19-9-6-14(10-17(19)25)12-26-28-20(29)16-11-15(24)7-8-18(16)27-22(28)23(2,3)4/h6-13H,1-5H3/t13-/m0/s1. The molecule has 0 saturated heterocycles. The third kappa shape index (κ3) is 5.27. The van der Waals surface area contributed by atoms with Gasteiger partial charge in [-0.15, -0.1) is 0 Å². The first-order valence-electron chi connectivity index (χ1n) is 9.82. The quantitative estimate of drug-likeness (QED) is 0.320. The van der Waals surface area contributed by atoms with Crippen LogP contribution < -0.4 is 10.3 Å². The van der Waals surface area contributed by atoms with Crippen LogP contribution in [-0.2, 0) is 14.9 Å². The molecule has 1 heterocycles. The lowest BCUT2D eigenvalue weighted by molar-refractivity contribution is -0.147. The van der Waals surface area contributed by atoms with E-state index in [0.717, 1.165) is 10.0 Å². The van der Waals surface area contributed by atoms with E-state index in [2.05, 4.69) is 41.7 Å². The van der Waals surface area contributed by atoms with Gasteiger partial charge in [-0.1, -0.05) is 36.7 Å². The second-order valence-corrected chi connectivity index (χ2v) is 9.95. The second kappa shape index (κ2) is 9.54. The zero-order valence-corrected chi connectivity index (χ0v) is 21.5. The maximum absolute atomic E-state index is 13.2. The van der Waals surface area contributed by atoms with Crippen LogP contribution in [0.4, 0.5) is 0 Å². The van der Waals surface area contributed by atoms with Crippen molar-refractivity contribution in [3.05, 3.63) is 67.1 Å². The van der Waals surface area contributed by atoms with Crippen LogP contribution in [0, 0.1) is 0 Å². The summed E-state index contributed by atoms with van der Waals surface area (Å²) in [6.45, 7) is 7.56. The Morgan fingerprint density at radius 1 is 1.19 bits per heavy atom. The third-order valence-electron chi connectivity index (χ3n) is 4.59. The Morgan fingerprint density at radius 3 is 2.53 bits per heavy atom. The molecule has 9 heteroatoms. The highest BCUT2D eigenvalue weighted by molar-refractivity contribution is 9.10. The normalized spacial score (nSPS) is 12.8.